The Morgan fingerprint density at radius 3 is 2.34 bits per heavy atom. The predicted octanol–water partition coefficient (Wildman–Crippen LogP) is 4.45. The summed E-state index contributed by atoms with van der Waals surface area (Å²) in [4.78, 5) is 16.2. The highest BCUT2D eigenvalue weighted by Gasteiger charge is 2.32. The Labute approximate surface area is 167 Å². The van der Waals surface area contributed by atoms with Gasteiger partial charge in [0.2, 0.25) is 0 Å². The van der Waals surface area contributed by atoms with Crippen molar-refractivity contribution in [2.75, 3.05) is 38.0 Å². The van der Waals surface area contributed by atoms with Crippen molar-refractivity contribution in [3.63, 3.8) is 0 Å². The molecule has 8 heteroatoms. The van der Waals surface area contributed by atoms with Crippen LogP contribution in [0.3, 0.4) is 0 Å². The molecule has 0 spiro atoms. The molecule has 0 radical (unpaired) electrons. The van der Waals surface area contributed by atoms with Crippen molar-refractivity contribution >= 4 is 17.8 Å². The molecule has 1 aliphatic rings. The molecule has 1 fully saturated rings. The Kier molecular flexibility index (Phi) is 6.77. The minimum absolute atomic E-state index is 0.0111. The summed E-state index contributed by atoms with van der Waals surface area (Å²) in [6.45, 7) is 3.13. The summed E-state index contributed by atoms with van der Waals surface area (Å²) >= 11 is 0. The lowest BCUT2D eigenvalue weighted by atomic mass is 10.2. The van der Waals surface area contributed by atoms with Crippen LogP contribution in [0.2, 0.25) is 0 Å². The van der Waals surface area contributed by atoms with Crippen LogP contribution in [0.5, 0.6) is 5.75 Å². The van der Waals surface area contributed by atoms with Crippen molar-refractivity contribution in [2.45, 2.75) is 6.36 Å². The topological polar surface area (TPSA) is 44.8 Å². The zero-order chi connectivity index (χ0) is 20.7. The molecule has 0 aliphatic carbocycles. The summed E-state index contributed by atoms with van der Waals surface area (Å²) in [6.07, 6.45) is -0.688. The number of carbonyl (C=O) groups is 1. The van der Waals surface area contributed by atoms with Crippen molar-refractivity contribution in [1.82, 2.24) is 9.80 Å². The molecule has 0 aromatic heterocycles. The fraction of sp³-hybridized carbons (Fsp3) is 0.286. The van der Waals surface area contributed by atoms with Crippen molar-refractivity contribution in [1.29, 1.82) is 0 Å². The lowest BCUT2D eigenvalue weighted by Crippen LogP contribution is -2.49. The molecule has 2 aromatic rings. The fourth-order valence-electron chi connectivity index (χ4n) is 3.01. The van der Waals surface area contributed by atoms with Crippen molar-refractivity contribution in [3.05, 3.63) is 66.2 Å². The highest BCUT2D eigenvalue weighted by molar-refractivity contribution is 5.91. The molecule has 1 aliphatic heterocycles. The molecule has 0 saturated carbocycles. The van der Waals surface area contributed by atoms with Crippen molar-refractivity contribution in [2.24, 2.45) is 0 Å². The molecule has 0 unspecified atom stereocenters. The quantitative estimate of drug-likeness (QED) is 0.800. The maximum absolute atomic E-state index is 12.5. The zero-order valence-corrected chi connectivity index (χ0v) is 15.7. The number of ether oxygens (including phenoxy) is 1. The molecule has 1 saturated heterocycles. The fourth-order valence-corrected chi connectivity index (χ4v) is 3.01. The van der Waals surface area contributed by atoms with Gasteiger partial charge in [0.15, 0.2) is 5.75 Å². The second-order valence-corrected chi connectivity index (χ2v) is 6.57. The Morgan fingerprint density at radius 2 is 1.66 bits per heavy atom. The van der Waals surface area contributed by atoms with Gasteiger partial charge in [0.05, 0.1) is 5.69 Å². The number of urea groups is 1. The number of para-hydroxylation sites is 2. The molecule has 0 atom stereocenters. The summed E-state index contributed by atoms with van der Waals surface area (Å²) in [5, 5.41) is 2.51. The Balaban J connectivity index is 1.49. The van der Waals surface area contributed by atoms with Crippen LogP contribution in [0, 0.1) is 0 Å². The van der Waals surface area contributed by atoms with E-state index in [1.165, 1.54) is 24.3 Å². The minimum atomic E-state index is -4.82. The van der Waals surface area contributed by atoms with E-state index in [1.54, 1.807) is 4.90 Å². The van der Waals surface area contributed by atoms with Crippen LogP contribution in [0.4, 0.5) is 23.7 Å². The summed E-state index contributed by atoms with van der Waals surface area (Å²) in [5.41, 5.74) is 1.12. The molecule has 29 heavy (non-hydrogen) atoms. The second kappa shape index (κ2) is 9.47. The molecule has 0 bridgehead atoms. The van der Waals surface area contributed by atoms with Gasteiger partial charge in [-0.1, -0.05) is 54.6 Å². The molecule has 5 nitrogen and oxygen atoms in total. The number of benzene rings is 2. The van der Waals surface area contributed by atoms with Gasteiger partial charge >= 0.3 is 12.4 Å². The normalized spacial score (nSPS) is 15.5. The van der Waals surface area contributed by atoms with E-state index in [0.29, 0.717) is 26.2 Å². The highest BCUT2D eigenvalue weighted by Crippen LogP contribution is 2.30. The Morgan fingerprint density at radius 1 is 1.00 bits per heavy atom. The number of rotatable bonds is 5. The molecule has 1 heterocycles. The van der Waals surface area contributed by atoms with Crippen LogP contribution >= 0.6 is 0 Å². The molecule has 2 amide bonds. The van der Waals surface area contributed by atoms with E-state index in [0.717, 1.165) is 12.1 Å². The second-order valence-electron chi connectivity index (χ2n) is 6.57. The van der Waals surface area contributed by atoms with Gasteiger partial charge < -0.3 is 15.0 Å². The molecule has 154 valence electrons. The lowest BCUT2D eigenvalue weighted by molar-refractivity contribution is -0.274. The van der Waals surface area contributed by atoms with Gasteiger partial charge in [-0.3, -0.25) is 4.90 Å². The average molecular weight is 405 g/mol. The number of nitrogens with zero attached hydrogens (tertiary/aromatic N) is 2. The van der Waals surface area contributed by atoms with Gasteiger partial charge in [-0.2, -0.15) is 0 Å². The number of hydrogen-bond acceptors (Lipinski definition) is 3. The maximum Gasteiger partial charge on any atom is 0.573 e. The zero-order valence-electron chi connectivity index (χ0n) is 15.7. The van der Waals surface area contributed by atoms with Crippen LogP contribution in [-0.4, -0.2) is 54.9 Å². The molecular weight excluding hydrogens is 383 g/mol. The number of amides is 2. The minimum Gasteiger partial charge on any atom is -0.404 e. The van der Waals surface area contributed by atoms with Gasteiger partial charge in [-0.05, 0) is 17.7 Å². The number of piperazine rings is 1. The first-order valence-electron chi connectivity index (χ1n) is 9.25. The average Bonchev–Trinajstić information content (AvgIpc) is 2.70. The van der Waals surface area contributed by atoms with E-state index in [2.05, 4.69) is 27.1 Å². The van der Waals surface area contributed by atoms with Crippen molar-refractivity contribution in [3.8, 4) is 5.75 Å². The van der Waals surface area contributed by atoms with E-state index >= 15 is 0 Å². The van der Waals surface area contributed by atoms with E-state index in [1.807, 2.05) is 30.3 Å². The van der Waals surface area contributed by atoms with Gasteiger partial charge in [0, 0.05) is 32.7 Å². The van der Waals surface area contributed by atoms with Crippen LogP contribution in [0.25, 0.3) is 6.08 Å². The van der Waals surface area contributed by atoms with E-state index in [9.17, 15) is 18.0 Å². The summed E-state index contributed by atoms with van der Waals surface area (Å²) < 4.78 is 41.5. The number of hydrogen-bond donors (Lipinski definition) is 1. The molecule has 3 rings (SSSR count). The Bertz CT molecular complexity index is 833. The number of nitrogens with one attached hydrogen (secondary N) is 1. The standard InChI is InChI=1S/C21H22F3N3O2/c22-21(23,24)29-19-11-5-4-10-18(19)25-20(28)27-15-13-26(14-16-27)12-6-9-17-7-2-1-3-8-17/h1-11H,12-16H2,(H,25,28)/b9-6-. The molecule has 1 N–H and O–H groups in total. The first-order valence-corrected chi connectivity index (χ1v) is 9.25. The monoisotopic (exact) mass is 405 g/mol. The van der Waals surface area contributed by atoms with Crippen LogP contribution in [0.1, 0.15) is 5.56 Å². The first-order chi connectivity index (χ1) is 13.9. The summed E-state index contributed by atoms with van der Waals surface area (Å²) in [6, 6.07) is 15.0. The van der Waals surface area contributed by atoms with Crippen LogP contribution in [-0.2, 0) is 0 Å². The lowest BCUT2D eigenvalue weighted by Gasteiger charge is -2.34. The maximum atomic E-state index is 12.5. The number of alkyl halides is 3. The first kappa shape index (κ1) is 20.7. The van der Waals surface area contributed by atoms with Gasteiger partial charge in [0.25, 0.3) is 0 Å². The van der Waals surface area contributed by atoms with Gasteiger partial charge in [-0.15, -0.1) is 13.2 Å². The number of halogens is 3. The SMILES string of the molecule is O=C(Nc1ccccc1OC(F)(F)F)N1CCN(C/C=C\c2ccccc2)CC1. The largest absolute Gasteiger partial charge is 0.573 e. The van der Waals surface area contributed by atoms with Gasteiger partial charge in [-0.25, -0.2) is 4.79 Å². The van der Waals surface area contributed by atoms with Crippen LogP contribution < -0.4 is 10.1 Å². The number of anilines is 1. The summed E-state index contributed by atoms with van der Waals surface area (Å²) in [5.74, 6) is -0.432. The highest BCUT2D eigenvalue weighted by atomic mass is 19.4. The Hall–Kier alpha value is -3.00. The number of carbonyl (C=O) groups excluding carboxylic acids is 1. The van der Waals surface area contributed by atoms with Crippen molar-refractivity contribution < 1.29 is 22.7 Å². The van der Waals surface area contributed by atoms with Crippen LogP contribution in [0.15, 0.2) is 60.7 Å². The smallest absolute Gasteiger partial charge is 0.404 e. The van der Waals surface area contributed by atoms with E-state index in [-0.39, 0.29) is 5.69 Å². The predicted molar refractivity (Wildman–Crippen MR) is 106 cm³/mol. The third-order valence-electron chi connectivity index (χ3n) is 4.49. The molecular formula is C21H22F3N3O2. The molecule has 2 aromatic carbocycles. The third-order valence-corrected chi connectivity index (χ3v) is 4.49. The third kappa shape index (κ3) is 6.53. The van der Waals surface area contributed by atoms with E-state index < -0.39 is 18.1 Å². The van der Waals surface area contributed by atoms with Gasteiger partial charge in [0.1, 0.15) is 0 Å². The van der Waals surface area contributed by atoms with E-state index in [4.69, 9.17) is 0 Å². The summed E-state index contributed by atoms with van der Waals surface area (Å²) in [7, 11) is 0.